The Morgan fingerprint density at radius 3 is 3.10 bits per heavy atom. The molecule has 4 rings (SSSR count). The number of aromatic nitrogens is 4. The minimum atomic E-state index is 0.00445. The van der Waals surface area contributed by atoms with Crippen LogP contribution in [0.2, 0.25) is 0 Å². The van der Waals surface area contributed by atoms with Crippen LogP contribution in [0.15, 0.2) is 18.2 Å². The van der Waals surface area contributed by atoms with E-state index in [2.05, 4.69) is 15.3 Å². The number of hydrogen-bond acceptors (Lipinski definition) is 6. The standard InChI is InChI=1S/C14H15N5OS/c1-8-4-2-5-9(11(8)15)13-18-19-12(10-6-3-7-20-10)16-17-14(19)21-13/h2,4-5,10H,3,6-7,15H2,1H3. The molecular weight excluding hydrogens is 286 g/mol. The molecule has 0 spiro atoms. The molecule has 0 aliphatic carbocycles. The SMILES string of the molecule is Cc1cccc(-c2nn3c(C4CCCO4)nnc3s2)c1N. The van der Waals surface area contributed by atoms with Crippen molar-refractivity contribution >= 4 is 22.0 Å². The number of para-hydroxylation sites is 1. The molecule has 2 N–H and O–H groups in total. The van der Waals surface area contributed by atoms with Gasteiger partial charge in [0.25, 0.3) is 0 Å². The van der Waals surface area contributed by atoms with Gasteiger partial charge in [-0.25, -0.2) is 0 Å². The van der Waals surface area contributed by atoms with E-state index in [1.54, 1.807) is 4.52 Å². The van der Waals surface area contributed by atoms with Gasteiger partial charge >= 0.3 is 0 Å². The number of ether oxygens (including phenoxy) is 1. The average molecular weight is 301 g/mol. The first-order valence-electron chi connectivity index (χ1n) is 6.93. The van der Waals surface area contributed by atoms with Crippen molar-refractivity contribution in [3.8, 4) is 10.6 Å². The van der Waals surface area contributed by atoms with Crippen molar-refractivity contribution in [3.05, 3.63) is 29.6 Å². The third-order valence-corrected chi connectivity index (χ3v) is 4.72. The van der Waals surface area contributed by atoms with Crippen molar-refractivity contribution in [1.82, 2.24) is 19.8 Å². The average Bonchev–Trinajstić information content (AvgIpc) is 3.16. The smallest absolute Gasteiger partial charge is 0.235 e. The molecule has 2 aromatic heterocycles. The summed E-state index contributed by atoms with van der Waals surface area (Å²) in [5.74, 6) is 0.788. The van der Waals surface area contributed by atoms with E-state index < -0.39 is 0 Å². The molecule has 7 heteroatoms. The van der Waals surface area contributed by atoms with Gasteiger partial charge in [0.1, 0.15) is 11.1 Å². The number of fused-ring (bicyclic) bond motifs is 1. The fraction of sp³-hybridized carbons (Fsp3) is 0.357. The molecule has 0 bridgehead atoms. The molecule has 1 aromatic carbocycles. The zero-order chi connectivity index (χ0) is 14.4. The molecule has 1 aliphatic heterocycles. The summed E-state index contributed by atoms with van der Waals surface area (Å²) in [4.78, 5) is 0.774. The van der Waals surface area contributed by atoms with Gasteiger partial charge in [-0.15, -0.1) is 10.2 Å². The molecule has 3 aromatic rings. The third kappa shape index (κ3) is 2.00. The van der Waals surface area contributed by atoms with Gasteiger partial charge < -0.3 is 10.5 Å². The summed E-state index contributed by atoms with van der Waals surface area (Å²) < 4.78 is 7.47. The predicted octanol–water partition coefficient (Wildman–Crippen LogP) is 2.59. The van der Waals surface area contributed by atoms with Gasteiger partial charge in [-0.1, -0.05) is 23.5 Å². The van der Waals surface area contributed by atoms with E-state index in [1.165, 1.54) is 11.3 Å². The highest BCUT2D eigenvalue weighted by Gasteiger charge is 2.25. The van der Waals surface area contributed by atoms with Gasteiger partial charge in [0, 0.05) is 17.9 Å². The van der Waals surface area contributed by atoms with Crippen LogP contribution in [0.25, 0.3) is 15.5 Å². The minimum Gasteiger partial charge on any atom is -0.398 e. The molecule has 3 heterocycles. The van der Waals surface area contributed by atoms with Crippen LogP contribution in [-0.4, -0.2) is 26.4 Å². The van der Waals surface area contributed by atoms with Gasteiger partial charge in [-0.05, 0) is 31.4 Å². The zero-order valence-electron chi connectivity index (χ0n) is 11.6. The molecule has 1 atom stereocenters. The van der Waals surface area contributed by atoms with Crippen LogP contribution in [0.1, 0.15) is 30.3 Å². The summed E-state index contributed by atoms with van der Waals surface area (Å²) >= 11 is 1.50. The molecule has 0 saturated carbocycles. The van der Waals surface area contributed by atoms with Crippen LogP contribution in [0, 0.1) is 6.92 Å². The van der Waals surface area contributed by atoms with Crippen molar-refractivity contribution < 1.29 is 4.74 Å². The Hall–Kier alpha value is -1.99. The highest BCUT2D eigenvalue weighted by molar-refractivity contribution is 7.19. The Bertz CT molecular complexity index is 803. The second-order valence-electron chi connectivity index (χ2n) is 5.20. The minimum absolute atomic E-state index is 0.00445. The maximum atomic E-state index is 6.16. The van der Waals surface area contributed by atoms with Crippen molar-refractivity contribution in [3.63, 3.8) is 0 Å². The Morgan fingerprint density at radius 1 is 1.38 bits per heavy atom. The van der Waals surface area contributed by atoms with Crippen LogP contribution in [0.5, 0.6) is 0 Å². The van der Waals surface area contributed by atoms with Gasteiger partial charge in [0.05, 0.1) is 0 Å². The predicted molar refractivity (Wildman–Crippen MR) is 81.2 cm³/mol. The van der Waals surface area contributed by atoms with E-state index in [1.807, 2.05) is 25.1 Å². The first-order chi connectivity index (χ1) is 10.2. The third-order valence-electron chi connectivity index (χ3n) is 3.79. The first-order valence-corrected chi connectivity index (χ1v) is 7.75. The lowest BCUT2D eigenvalue weighted by molar-refractivity contribution is 0.103. The number of aryl methyl sites for hydroxylation is 1. The Balaban J connectivity index is 1.82. The van der Waals surface area contributed by atoms with Crippen molar-refractivity contribution in [1.29, 1.82) is 0 Å². The summed E-state index contributed by atoms with van der Waals surface area (Å²) in [7, 11) is 0. The second kappa shape index (κ2) is 4.78. The number of rotatable bonds is 2. The normalized spacial score (nSPS) is 18.6. The van der Waals surface area contributed by atoms with E-state index >= 15 is 0 Å². The number of nitrogen functional groups attached to an aromatic ring is 1. The molecule has 21 heavy (non-hydrogen) atoms. The van der Waals surface area contributed by atoms with E-state index in [0.717, 1.165) is 52.1 Å². The molecule has 1 aliphatic rings. The number of nitrogens with two attached hydrogens (primary N) is 1. The maximum absolute atomic E-state index is 6.16. The maximum Gasteiger partial charge on any atom is 0.235 e. The highest BCUT2D eigenvalue weighted by atomic mass is 32.1. The number of benzene rings is 1. The quantitative estimate of drug-likeness (QED) is 0.736. The van der Waals surface area contributed by atoms with Gasteiger partial charge in [0.2, 0.25) is 4.96 Å². The zero-order valence-corrected chi connectivity index (χ0v) is 12.4. The van der Waals surface area contributed by atoms with Gasteiger partial charge in [-0.2, -0.15) is 9.61 Å². The summed E-state index contributed by atoms with van der Waals surface area (Å²) in [6.45, 7) is 2.78. The number of hydrogen-bond donors (Lipinski definition) is 1. The number of nitrogens with zero attached hydrogens (tertiary/aromatic N) is 4. The van der Waals surface area contributed by atoms with Crippen LogP contribution in [0.4, 0.5) is 5.69 Å². The van der Waals surface area contributed by atoms with Gasteiger partial charge in [-0.3, -0.25) is 0 Å². The lowest BCUT2D eigenvalue weighted by Crippen LogP contribution is -2.03. The van der Waals surface area contributed by atoms with Crippen LogP contribution in [-0.2, 0) is 4.74 Å². The van der Waals surface area contributed by atoms with Crippen molar-refractivity contribution in [2.45, 2.75) is 25.9 Å². The largest absolute Gasteiger partial charge is 0.398 e. The summed E-state index contributed by atoms with van der Waals surface area (Å²) in [5, 5.41) is 13.9. The fourth-order valence-corrected chi connectivity index (χ4v) is 3.48. The van der Waals surface area contributed by atoms with Crippen LogP contribution >= 0.6 is 11.3 Å². The molecule has 0 radical (unpaired) electrons. The monoisotopic (exact) mass is 301 g/mol. The van der Waals surface area contributed by atoms with E-state index in [-0.39, 0.29) is 6.10 Å². The fourth-order valence-electron chi connectivity index (χ4n) is 2.59. The summed E-state index contributed by atoms with van der Waals surface area (Å²) in [5.41, 5.74) is 8.93. The molecule has 1 saturated heterocycles. The topological polar surface area (TPSA) is 78.3 Å². The Kier molecular flexibility index (Phi) is 2.90. The first kappa shape index (κ1) is 12.7. The number of anilines is 1. The highest BCUT2D eigenvalue weighted by Crippen LogP contribution is 2.33. The Labute approximate surface area is 125 Å². The van der Waals surface area contributed by atoms with E-state index in [9.17, 15) is 0 Å². The van der Waals surface area contributed by atoms with Gasteiger partial charge in [0.15, 0.2) is 5.82 Å². The molecule has 1 unspecified atom stereocenters. The lowest BCUT2D eigenvalue weighted by Gasteiger charge is -2.05. The van der Waals surface area contributed by atoms with E-state index in [0.29, 0.717) is 0 Å². The van der Waals surface area contributed by atoms with Crippen LogP contribution in [0.3, 0.4) is 0 Å². The van der Waals surface area contributed by atoms with Crippen LogP contribution < -0.4 is 5.73 Å². The molecule has 0 amide bonds. The lowest BCUT2D eigenvalue weighted by atomic mass is 10.1. The molecule has 108 valence electrons. The second-order valence-corrected chi connectivity index (χ2v) is 6.15. The Morgan fingerprint density at radius 2 is 2.29 bits per heavy atom. The summed E-state index contributed by atoms with van der Waals surface area (Å²) in [6, 6.07) is 5.97. The molecule has 6 nitrogen and oxygen atoms in total. The molecular formula is C14H15N5OS. The van der Waals surface area contributed by atoms with Crippen molar-refractivity contribution in [2.24, 2.45) is 0 Å². The van der Waals surface area contributed by atoms with E-state index in [4.69, 9.17) is 10.5 Å². The molecule has 1 fully saturated rings. The van der Waals surface area contributed by atoms with Crippen molar-refractivity contribution in [2.75, 3.05) is 12.3 Å². The summed E-state index contributed by atoms with van der Waals surface area (Å²) in [6.07, 6.45) is 2.03.